The van der Waals surface area contributed by atoms with E-state index >= 15 is 0 Å². The summed E-state index contributed by atoms with van der Waals surface area (Å²) >= 11 is 1.59. The van der Waals surface area contributed by atoms with Gasteiger partial charge in [-0.25, -0.2) is 0 Å². The second-order valence-electron chi connectivity index (χ2n) is 7.62. The molecule has 1 N–H and O–H groups in total. The second kappa shape index (κ2) is 8.34. The molecule has 28 heavy (non-hydrogen) atoms. The summed E-state index contributed by atoms with van der Waals surface area (Å²) < 4.78 is 0. The Hall–Kier alpha value is -2.36. The Morgan fingerprint density at radius 3 is 2.68 bits per heavy atom. The molecule has 0 saturated carbocycles. The second-order valence-corrected chi connectivity index (χ2v) is 8.73. The maximum atomic E-state index is 12.6. The number of nitrogens with one attached hydrogen (secondary N) is 1. The monoisotopic (exact) mass is 394 g/mol. The van der Waals surface area contributed by atoms with Crippen LogP contribution in [-0.2, 0) is 17.6 Å². The Kier molecular flexibility index (Phi) is 5.65. The van der Waals surface area contributed by atoms with Gasteiger partial charge in [-0.1, -0.05) is 18.2 Å². The molecule has 1 aliphatic carbocycles. The van der Waals surface area contributed by atoms with Gasteiger partial charge in [-0.2, -0.15) is 5.26 Å². The fourth-order valence-electron chi connectivity index (χ4n) is 4.21. The lowest BCUT2D eigenvalue weighted by atomic mass is 9.96. The van der Waals surface area contributed by atoms with Crippen LogP contribution in [0.2, 0.25) is 0 Å². The zero-order valence-corrected chi connectivity index (χ0v) is 17.1. The molecule has 146 valence electrons. The maximum Gasteiger partial charge on any atom is 0.239 e. The molecule has 1 fully saturated rings. The molecular formula is C22H26N4OS. The Morgan fingerprint density at radius 2 is 1.93 bits per heavy atom. The van der Waals surface area contributed by atoms with Crippen molar-refractivity contribution in [2.45, 2.75) is 32.6 Å². The van der Waals surface area contributed by atoms with Crippen molar-refractivity contribution in [3.63, 3.8) is 0 Å². The lowest BCUT2D eigenvalue weighted by Gasteiger charge is -2.36. The summed E-state index contributed by atoms with van der Waals surface area (Å²) in [6.07, 6.45) is 4.31. The van der Waals surface area contributed by atoms with Crippen molar-refractivity contribution in [2.24, 2.45) is 0 Å². The van der Waals surface area contributed by atoms with Gasteiger partial charge in [-0.15, -0.1) is 11.3 Å². The zero-order valence-electron chi connectivity index (χ0n) is 16.3. The third-order valence-corrected chi connectivity index (χ3v) is 6.94. The lowest BCUT2D eigenvalue weighted by molar-refractivity contribution is -0.117. The van der Waals surface area contributed by atoms with Gasteiger partial charge in [0.1, 0.15) is 11.1 Å². The number of amides is 1. The number of carbonyl (C=O) groups excluding carboxylic acids is 1. The summed E-state index contributed by atoms with van der Waals surface area (Å²) in [6.45, 7) is 6.11. The van der Waals surface area contributed by atoms with Crippen molar-refractivity contribution in [1.82, 2.24) is 4.90 Å². The van der Waals surface area contributed by atoms with Crippen molar-refractivity contribution in [3.8, 4) is 6.07 Å². The smallest absolute Gasteiger partial charge is 0.239 e. The molecule has 1 aromatic heterocycles. The molecule has 1 aromatic carbocycles. The van der Waals surface area contributed by atoms with E-state index in [2.05, 4.69) is 52.4 Å². The van der Waals surface area contributed by atoms with Gasteiger partial charge in [0.25, 0.3) is 0 Å². The third-order valence-electron chi connectivity index (χ3n) is 5.73. The Morgan fingerprint density at radius 1 is 1.18 bits per heavy atom. The first kappa shape index (κ1) is 19.0. The van der Waals surface area contributed by atoms with E-state index in [0.29, 0.717) is 12.1 Å². The SMILES string of the molecule is Cc1ccccc1N1CCN(CC(=O)Nc2sc3c(c2C#N)CCCC3)CC1. The fraction of sp³-hybridized carbons (Fsp3) is 0.455. The molecule has 2 heterocycles. The summed E-state index contributed by atoms with van der Waals surface area (Å²) in [5.41, 5.74) is 4.44. The number of hydrogen-bond donors (Lipinski definition) is 1. The number of aryl methyl sites for hydroxylation is 2. The van der Waals surface area contributed by atoms with Crippen molar-refractivity contribution in [2.75, 3.05) is 42.9 Å². The predicted molar refractivity (Wildman–Crippen MR) is 114 cm³/mol. The van der Waals surface area contributed by atoms with Crippen molar-refractivity contribution >= 4 is 27.9 Å². The number of carbonyl (C=O) groups is 1. The minimum atomic E-state index is -0.0144. The average Bonchev–Trinajstić information content (AvgIpc) is 3.06. The lowest BCUT2D eigenvalue weighted by Crippen LogP contribution is -2.48. The summed E-state index contributed by atoms with van der Waals surface area (Å²) in [4.78, 5) is 18.5. The van der Waals surface area contributed by atoms with Gasteiger partial charge in [0.05, 0.1) is 12.1 Å². The quantitative estimate of drug-likeness (QED) is 0.861. The van der Waals surface area contributed by atoms with E-state index in [0.717, 1.165) is 50.4 Å². The highest BCUT2D eigenvalue weighted by molar-refractivity contribution is 7.16. The predicted octanol–water partition coefficient (Wildman–Crippen LogP) is 3.57. The first-order valence-electron chi connectivity index (χ1n) is 10.0. The van der Waals surface area contributed by atoms with E-state index in [1.807, 2.05) is 0 Å². The maximum absolute atomic E-state index is 12.6. The Labute approximate surface area is 170 Å². The normalized spacial score (nSPS) is 17.1. The standard InChI is InChI=1S/C22H26N4OS/c1-16-6-2-4-8-19(16)26-12-10-25(11-13-26)15-21(27)24-22-18(14-23)17-7-3-5-9-20(17)28-22/h2,4,6,8H,3,5,7,9-13,15H2,1H3,(H,24,27). The highest BCUT2D eigenvalue weighted by atomic mass is 32.1. The number of rotatable bonds is 4. The van der Waals surface area contributed by atoms with Gasteiger partial charge in [0.2, 0.25) is 5.91 Å². The number of para-hydroxylation sites is 1. The summed E-state index contributed by atoms with van der Waals surface area (Å²) in [6, 6.07) is 10.8. The van der Waals surface area contributed by atoms with Crippen LogP contribution in [-0.4, -0.2) is 43.5 Å². The van der Waals surface area contributed by atoms with Crippen LogP contribution in [0, 0.1) is 18.3 Å². The van der Waals surface area contributed by atoms with Crippen LogP contribution in [0.15, 0.2) is 24.3 Å². The molecule has 1 saturated heterocycles. The van der Waals surface area contributed by atoms with E-state index in [-0.39, 0.29) is 5.91 Å². The van der Waals surface area contributed by atoms with Crippen LogP contribution < -0.4 is 10.2 Å². The van der Waals surface area contributed by atoms with Gasteiger partial charge in [-0.05, 0) is 49.8 Å². The summed E-state index contributed by atoms with van der Waals surface area (Å²) in [5, 5.41) is 13.3. The van der Waals surface area contributed by atoms with E-state index in [1.54, 1.807) is 11.3 Å². The molecule has 1 aliphatic heterocycles. The molecule has 0 bridgehead atoms. The van der Waals surface area contributed by atoms with Crippen molar-refractivity contribution in [1.29, 1.82) is 5.26 Å². The molecule has 2 aromatic rings. The van der Waals surface area contributed by atoms with Gasteiger partial charge in [0.15, 0.2) is 0 Å². The van der Waals surface area contributed by atoms with Gasteiger partial charge in [0, 0.05) is 36.7 Å². The Balaban J connectivity index is 1.34. The number of nitriles is 1. The summed E-state index contributed by atoms with van der Waals surface area (Å²) in [5.74, 6) is -0.0144. The molecule has 0 radical (unpaired) electrons. The molecule has 5 nitrogen and oxygen atoms in total. The summed E-state index contributed by atoms with van der Waals surface area (Å²) in [7, 11) is 0. The fourth-order valence-corrected chi connectivity index (χ4v) is 5.46. The number of benzene rings is 1. The van der Waals surface area contributed by atoms with E-state index < -0.39 is 0 Å². The van der Waals surface area contributed by atoms with Crippen molar-refractivity contribution < 1.29 is 4.79 Å². The number of thiophene rings is 1. The number of hydrogen-bond acceptors (Lipinski definition) is 5. The minimum absolute atomic E-state index is 0.0144. The molecular weight excluding hydrogens is 368 g/mol. The van der Waals surface area contributed by atoms with Crippen LogP contribution in [0.1, 0.15) is 34.4 Å². The molecule has 1 amide bonds. The average molecular weight is 395 g/mol. The van der Waals surface area contributed by atoms with E-state index in [9.17, 15) is 10.1 Å². The van der Waals surface area contributed by atoms with Gasteiger partial charge < -0.3 is 10.2 Å². The molecule has 0 atom stereocenters. The molecule has 2 aliphatic rings. The van der Waals surface area contributed by atoms with Crippen LogP contribution in [0.25, 0.3) is 0 Å². The highest BCUT2D eigenvalue weighted by Gasteiger charge is 2.24. The topological polar surface area (TPSA) is 59.4 Å². The van der Waals surface area contributed by atoms with Crippen molar-refractivity contribution in [3.05, 3.63) is 45.8 Å². The van der Waals surface area contributed by atoms with Gasteiger partial charge in [-0.3, -0.25) is 9.69 Å². The molecule has 6 heteroatoms. The highest BCUT2D eigenvalue weighted by Crippen LogP contribution is 2.37. The van der Waals surface area contributed by atoms with E-state index in [4.69, 9.17) is 0 Å². The first-order valence-corrected chi connectivity index (χ1v) is 10.8. The number of anilines is 2. The van der Waals surface area contributed by atoms with Crippen LogP contribution in [0.3, 0.4) is 0 Å². The van der Waals surface area contributed by atoms with E-state index in [1.165, 1.54) is 28.1 Å². The first-order chi connectivity index (χ1) is 13.7. The van der Waals surface area contributed by atoms with Crippen LogP contribution in [0.4, 0.5) is 10.7 Å². The number of piperazine rings is 1. The number of fused-ring (bicyclic) bond motifs is 1. The zero-order chi connectivity index (χ0) is 19.5. The largest absolute Gasteiger partial charge is 0.369 e. The number of nitrogens with zero attached hydrogens (tertiary/aromatic N) is 3. The minimum Gasteiger partial charge on any atom is -0.369 e. The van der Waals surface area contributed by atoms with Crippen LogP contribution >= 0.6 is 11.3 Å². The molecule has 4 rings (SSSR count). The van der Waals surface area contributed by atoms with Gasteiger partial charge >= 0.3 is 0 Å². The third kappa shape index (κ3) is 3.91. The van der Waals surface area contributed by atoms with Crippen LogP contribution in [0.5, 0.6) is 0 Å². The molecule has 0 unspecified atom stereocenters. The molecule has 0 spiro atoms. The Bertz CT molecular complexity index is 906.